The van der Waals surface area contributed by atoms with E-state index >= 15 is 0 Å². The second kappa shape index (κ2) is 6.34. The molecule has 22 heavy (non-hydrogen) atoms. The molecule has 0 saturated heterocycles. The molecule has 7 heteroatoms. The number of rotatable bonds is 2. The van der Waals surface area contributed by atoms with Gasteiger partial charge in [-0.25, -0.2) is 0 Å². The van der Waals surface area contributed by atoms with Crippen molar-refractivity contribution < 1.29 is 13.2 Å². The van der Waals surface area contributed by atoms with Gasteiger partial charge < -0.3 is 4.90 Å². The van der Waals surface area contributed by atoms with Gasteiger partial charge in [-0.3, -0.25) is 0 Å². The molecule has 1 aliphatic carbocycles. The summed E-state index contributed by atoms with van der Waals surface area (Å²) in [5, 5.41) is 0.724. The number of nitrogens with zero attached hydrogens (tertiary/aromatic N) is 1. The highest BCUT2D eigenvalue weighted by Crippen LogP contribution is 2.46. The highest BCUT2D eigenvalue weighted by atomic mass is 35.5. The first-order chi connectivity index (χ1) is 10.1. The second-order valence-corrected chi connectivity index (χ2v) is 6.51. The van der Waals surface area contributed by atoms with E-state index in [1.807, 2.05) is 0 Å². The van der Waals surface area contributed by atoms with E-state index in [0.717, 1.165) is 6.07 Å². The number of hydrogen-bond acceptors (Lipinski definition) is 1. The van der Waals surface area contributed by atoms with Crippen LogP contribution in [0.25, 0.3) is 0 Å². The third-order valence-electron chi connectivity index (χ3n) is 3.45. The van der Waals surface area contributed by atoms with Crippen molar-refractivity contribution in [1.29, 1.82) is 0 Å². The average molecular weight is 371 g/mol. The molecule has 0 heterocycles. The van der Waals surface area contributed by atoms with Crippen LogP contribution in [-0.2, 0) is 6.18 Å². The van der Waals surface area contributed by atoms with Crippen molar-refractivity contribution in [3.63, 3.8) is 0 Å². The number of allylic oxidation sites excluding steroid dienone is 4. The fourth-order valence-electron chi connectivity index (χ4n) is 2.34. The molecule has 1 nitrogen and oxygen atoms in total. The van der Waals surface area contributed by atoms with Crippen LogP contribution in [0.1, 0.15) is 23.5 Å². The highest BCUT2D eigenvalue weighted by Gasteiger charge is 2.37. The van der Waals surface area contributed by atoms with Crippen molar-refractivity contribution in [2.45, 2.75) is 18.5 Å². The van der Waals surface area contributed by atoms with Crippen LogP contribution in [0, 0.1) is 0 Å². The van der Waals surface area contributed by atoms with Crippen LogP contribution in [0.5, 0.6) is 0 Å². The van der Waals surface area contributed by atoms with Gasteiger partial charge in [0.2, 0.25) is 0 Å². The summed E-state index contributed by atoms with van der Waals surface area (Å²) in [4.78, 5) is 1.73. The molecule has 0 amide bonds. The van der Waals surface area contributed by atoms with E-state index in [1.165, 1.54) is 18.2 Å². The monoisotopic (exact) mass is 369 g/mol. The Morgan fingerprint density at radius 2 is 1.77 bits per heavy atom. The summed E-state index contributed by atoms with van der Waals surface area (Å²) < 4.78 is 39.9. The van der Waals surface area contributed by atoms with E-state index in [1.54, 1.807) is 19.0 Å². The Hall–Kier alpha value is -0.840. The largest absolute Gasteiger partial charge is 0.416 e. The van der Waals surface area contributed by atoms with E-state index in [-0.39, 0.29) is 22.0 Å². The molecule has 1 aromatic rings. The van der Waals surface area contributed by atoms with Crippen molar-refractivity contribution in [1.82, 2.24) is 0 Å². The van der Waals surface area contributed by atoms with Crippen LogP contribution in [-0.4, -0.2) is 14.1 Å². The molecule has 1 atom stereocenters. The Bertz CT molecular complexity index is 648. The molecule has 0 fully saturated rings. The zero-order valence-electron chi connectivity index (χ0n) is 11.8. The first-order valence-corrected chi connectivity index (χ1v) is 7.54. The maximum Gasteiger partial charge on any atom is 0.416 e. The van der Waals surface area contributed by atoms with Gasteiger partial charge in [0.15, 0.2) is 0 Å². The third-order valence-corrected chi connectivity index (χ3v) is 4.59. The van der Waals surface area contributed by atoms with Gasteiger partial charge in [-0.05, 0) is 36.3 Å². The Kier molecular flexibility index (Phi) is 5.05. The molecule has 1 unspecified atom stereocenters. The van der Waals surface area contributed by atoms with Crippen LogP contribution in [0.4, 0.5) is 18.9 Å². The van der Waals surface area contributed by atoms with Gasteiger partial charge in [-0.1, -0.05) is 34.8 Å². The van der Waals surface area contributed by atoms with Crippen molar-refractivity contribution in [2.24, 2.45) is 0 Å². The van der Waals surface area contributed by atoms with Crippen molar-refractivity contribution in [3.05, 3.63) is 50.5 Å². The second-order valence-electron chi connectivity index (χ2n) is 5.21. The highest BCUT2D eigenvalue weighted by molar-refractivity contribution is 6.42. The van der Waals surface area contributed by atoms with Gasteiger partial charge in [0.25, 0.3) is 0 Å². The number of anilines is 1. The third kappa shape index (κ3) is 3.55. The minimum absolute atomic E-state index is 0.0769. The lowest BCUT2D eigenvalue weighted by atomic mass is 9.88. The molecule has 1 aliphatic rings. The normalized spacial score (nSPS) is 19.3. The summed E-state index contributed by atoms with van der Waals surface area (Å²) in [5.74, 6) is -0.705. The SMILES string of the molecule is CN(C)c1ccc(C(F)(F)F)c(C2CC(Cl)=CC(Cl)=C2Cl)c1. The molecule has 0 spiro atoms. The number of alkyl halides is 3. The minimum Gasteiger partial charge on any atom is -0.378 e. The summed E-state index contributed by atoms with van der Waals surface area (Å²) in [6, 6.07) is 3.97. The maximum atomic E-state index is 13.3. The van der Waals surface area contributed by atoms with Crippen molar-refractivity contribution in [2.75, 3.05) is 19.0 Å². The molecule has 0 radical (unpaired) electrons. The smallest absolute Gasteiger partial charge is 0.378 e. The van der Waals surface area contributed by atoms with Gasteiger partial charge in [0, 0.05) is 35.8 Å². The molecular formula is C15H13Cl3F3N. The summed E-state index contributed by atoms with van der Waals surface area (Å²) in [5.41, 5.74) is -0.000511. The first kappa shape index (κ1) is 17.5. The van der Waals surface area contributed by atoms with Gasteiger partial charge in [-0.2, -0.15) is 13.2 Å². The van der Waals surface area contributed by atoms with E-state index in [0.29, 0.717) is 10.7 Å². The molecule has 0 aromatic heterocycles. The molecule has 2 rings (SSSR count). The topological polar surface area (TPSA) is 3.24 Å². The Morgan fingerprint density at radius 1 is 1.14 bits per heavy atom. The van der Waals surface area contributed by atoms with Crippen LogP contribution in [0.2, 0.25) is 0 Å². The predicted molar refractivity (Wildman–Crippen MR) is 85.8 cm³/mol. The first-order valence-electron chi connectivity index (χ1n) is 6.41. The van der Waals surface area contributed by atoms with Crippen molar-refractivity contribution >= 4 is 40.5 Å². The molecular weight excluding hydrogens is 358 g/mol. The Labute approximate surface area is 141 Å². The predicted octanol–water partition coefficient (Wildman–Crippen LogP) is 6.07. The Balaban J connectivity index is 2.62. The van der Waals surface area contributed by atoms with Crippen LogP contribution in [0.3, 0.4) is 0 Å². The van der Waals surface area contributed by atoms with Crippen LogP contribution >= 0.6 is 34.8 Å². The lowest BCUT2D eigenvalue weighted by molar-refractivity contribution is -0.138. The fraction of sp³-hybridized carbons (Fsp3) is 0.333. The summed E-state index contributed by atoms with van der Waals surface area (Å²) in [6.07, 6.45) is -2.82. The fourth-order valence-corrected chi connectivity index (χ4v) is 3.17. The van der Waals surface area contributed by atoms with E-state index < -0.39 is 17.7 Å². The molecule has 1 aromatic carbocycles. The van der Waals surface area contributed by atoms with E-state index in [2.05, 4.69) is 0 Å². The van der Waals surface area contributed by atoms with E-state index in [4.69, 9.17) is 34.8 Å². The minimum atomic E-state index is -4.47. The lowest BCUT2D eigenvalue weighted by Gasteiger charge is -2.26. The molecule has 120 valence electrons. The number of halogens is 6. The Morgan fingerprint density at radius 3 is 2.32 bits per heavy atom. The summed E-state index contributed by atoms with van der Waals surface area (Å²) in [6.45, 7) is 0. The van der Waals surface area contributed by atoms with Gasteiger partial charge >= 0.3 is 6.18 Å². The van der Waals surface area contributed by atoms with Gasteiger partial charge in [-0.15, -0.1) is 0 Å². The molecule has 0 saturated carbocycles. The number of benzene rings is 1. The quantitative estimate of drug-likeness (QED) is 0.610. The van der Waals surface area contributed by atoms with Crippen LogP contribution in [0.15, 0.2) is 39.4 Å². The molecule has 0 bridgehead atoms. The lowest BCUT2D eigenvalue weighted by Crippen LogP contribution is -2.16. The van der Waals surface area contributed by atoms with Crippen LogP contribution < -0.4 is 4.90 Å². The average Bonchev–Trinajstić information content (AvgIpc) is 2.41. The maximum absolute atomic E-state index is 13.3. The van der Waals surface area contributed by atoms with Crippen molar-refractivity contribution in [3.8, 4) is 0 Å². The standard InChI is InChI=1S/C15H13Cl3F3N/c1-22(2)9-3-4-12(15(19,20)21)10(7-9)11-5-8(16)6-13(17)14(11)18/h3-4,6-7,11H,5H2,1-2H3. The zero-order chi connectivity index (χ0) is 16.7. The van der Waals surface area contributed by atoms with E-state index in [9.17, 15) is 13.2 Å². The zero-order valence-corrected chi connectivity index (χ0v) is 14.1. The summed E-state index contributed by atoms with van der Waals surface area (Å²) >= 11 is 18.1. The molecule has 0 aliphatic heterocycles. The summed E-state index contributed by atoms with van der Waals surface area (Å²) in [7, 11) is 3.51. The molecule has 0 N–H and O–H groups in total. The van der Waals surface area contributed by atoms with Gasteiger partial charge in [0.1, 0.15) is 0 Å². The number of hydrogen-bond donors (Lipinski definition) is 0. The van der Waals surface area contributed by atoms with Gasteiger partial charge in [0.05, 0.1) is 10.6 Å².